The van der Waals surface area contributed by atoms with Crippen LogP contribution >= 0.6 is 0 Å². The van der Waals surface area contributed by atoms with E-state index in [1.165, 1.54) is 0 Å². The average molecular weight is 323 g/mol. The summed E-state index contributed by atoms with van der Waals surface area (Å²) in [5.74, 6) is 1.69. The topological polar surface area (TPSA) is 79.5 Å². The molecule has 0 saturated carbocycles. The number of amides is 1. The Balaban J connectivity index is 1.47. The van der Waals surface area contributed by atoms with Gasteiger partial charge < -0.3 is 9.80 Å². The SMILES string of the molecule is Cc1nnc2ccc(N3CCN(C(=O)c4ccncc4)CC3)nn12. The number of aromatic nitrogens is 5. The van der Waals surface area contributed by atoms with Crippen molar-refractivity contribution < 1.29 is 4.79 Å². The van der Waals surface area contributed by atoms with Crippen LogP contribution in [0.4, 0.5) is 5.82 Å². The molecule has 0 spiro atoms. The maximum Gasteiger partial charge on any atom is 0.254 e. The minimum Gasteiger partial charge on any atom is -0.352 e. The molecular weight excluding hydrogens is 306 g/mol. The van der Waals surface area contributed by atoms with Crippen LogP contribution < -0.4 is 4.90 Å². The second-order valence-electron chi connectivity index (χ2n) is 5.72. The number of fused-ring (bicyclic) bond motifs is 1. The van der Waals surface area contributed by atoms with Gasteiger partial charge >= 0.3 is 0 Å². The van der Waals surface area contributed by atoms with Crippen LogP contribution in [0.2, 0.25) is 0 Å². The van der Waals surface area contributed by atoms with Crippen molar-refractivity contribution in [3.05, 3.63) is 48.0 Å². The zero-order valence-corrected chi connectivity index (χ0v) is 13.3. The highest BCUT2D eigenvalue weighted by Crippen LogP contribution is 2.16. The molecule has 0 radical (unpaired) electrons. The van der Waals surface area contributed by atoms with E-state index >= 15 is 0 Å². The molecule has 0 unspecified atom stereocenters. The minimum atomic E-state index is 0.0510. The summed E-state index contributed by atoms with van der Waals surface area (Å²) in [6, 6.07) is 7.36. The molecule has 8 nitrogen and oxygen atoms in total. The summed E-state index contributed by atoms with van der Waals surface area (Å²) in [6.45, 7) is 4.71. The molecule has 122 valence electrons. The smallest absolute Gasteiger partial charge is 0.254 e. The highest BCUT2D eigenvalue weighted by atomic mass is 16.2. The van der Waals surface area contributed by atoms with E-state index in [2.05, 4.69) is 25.2 Å². The lowest BCUT2D eigenvalue weighted by atomic mass is 10.2. The van der Waals surface area contributed by atoms with Gasteiger partial charge in [0.1, 0.15) is 5.82 Å². The number of aryl methyl sites for hydroxylation is 1. The fourth-order valence-electron chi connectivity index (χ4n) is 2.87. The van der Waals surface area contributed by atoms with Crippen LogP contribution in [0.15, 0.2) is 36.7 Å². The summed E-state index contributed by atoms with van der Waals surface area (Å²) in [7, 11) is 0. The molecule has 8 heteroatoms. The molecule has 0 N–H and O–H groups in total. The highest BCUT2D eigenvalue weighted by molar-refractivity contribution is 5.94. The molecule has 1 saturated heterocycles. The molecule has 4 heterocycles. The zero-order chi connectivity index (χ0) is 16.5. The standard InChI is InChI=1S/C16H17N7O/c1-12-18-19-14-2-3-15(20-23(12)14)21-8-10-22(11-9-21)16(24)13-4-6-17-7-5-13/h2-7H,8-11H2,1H3. The third-order valence-electron chi connectivity index (χ3n) is 4.22. The van der Waals surface area contributed by atoms with Crippen molar-refractivity contribution in [3.8, 4) is 0 Å². The number of hydrogen-bond acceptors (Lipinski definition) is 6. The number of rotatable bonds is 2. The lowest BCUT2D eigenvalue weighted by molar-refractivity contribution is 0.0746. The lowest BCUT2D eigenvalue weighted by Crippen LogP contribution is -2.49. The van der Waals surface area contributed by atoms with Gasteiger partial charge in [-0.3, -0.25) is 9.78 Å². The summed E-state index contributed by atoms with van der Waals surface area (Å²) >= 11 is 0. The quantitative estimate of drug-likeness (QED) is 0.694. The minimum absolute atomic E-state index is 0.0510. The summed E-state index contributed by atoms with van der Waals surface area (Å²) in [5.41, 5.74) is 1.42. The average Bonchev–Trinajstić information content (AvgIpc) is 3.02. The summed E-state index contributed by atoms with van der Waals surface area (Å²) in [6.07, 6.45) is 3.29. The van der Waals surface area contributed by atoms with Gasteiger partial charge in [0.15, 0.2) is 11.5 Å². The van der Waals surface area contributed by atoms with E-state index in [1.807, 2.05) is 24.0 Å². The number of hydrogen-bond donors (Lipinski definition) is 0. The van der Waals surface area contributed by atoms with Crippen LogP contribution in [0, 0.1) is 6.92 Å². The van der Waals surface area contributed by atoms with Gasteiger partial charge in [-0.2, -0.15) is 4.52 Å². The van der Waals surface area contributed by atoms with E-state index in [0.717, 1.165) is 30.4 Å². The van der Waals surface area contributed by atoms with Crippen LogP contribution in [-0.4, -0.2) is 61.8 Å². The fourth-order valence-corrected chi connectivity index (χ4v) is 2.87. The second-order valence-corrected chi connectivity index (χ2v) is 5.72. The molecule has 0 bridgehead atoms. The molecule has 0 aliphatic carbocycles. The number of piperazine rings is 1. The summed E-state index contributed by atoms with van der Waals surface area (Å²) in [5, 5.41) is 12.7. The van der Waals surface area contributed by atoms with Gasteiger partial charge in [0, 0.05) is 44.1 Å². The number of nitrogens with zero attached hydrogens (tertiary/aromatic N) is 7. The van der Waals surface area contributed by atoms with Crippen LogP contribution in [0.25, 0.3) is 5.65 Å². The largest absolute Gasteiger partial charge is 0.352 e. The van der Waals surface area contributed by atoms with Crippen molar-refractivity contribution in [1.29, 1.82) is 0 Å². The van der Waals surface area contributed by atoms with Gasteiger partial charge in [0.05, 0.1) is 0 Å². The van der Waals surface area contributed by atoms with Crippen LogP contribution in [0.5, 0.6) is 0 Å². The van der Waals surface area contributed by atoms with Gasteiger partial charge in [-0.1, -0.05) is 0 Å². The Hall–Kier alpha value is -3.03. The third-order valence-corrected chi connectivity index (χ3v) is 4.22. The van der Waals surface area contributed by atoms with Crippen molar-refractivity contribution in [2.45, 2.75) is 6.92 Å². The first-order chi connectivity index (χ1) is 11.7. The number of anilines is 1. The fraction of sp³-hybridized carbons (Fsp3) is 0.312. The Morgan fingerprint density at radius 2 is 1.75 bits per heavy atom. The van der Waals surface area contributed by atoms with Crippen LogP contribution in [0.1, 0.15) is 16.2 Å². The zero-order valence-electron chi connectivity index (χ0n) is 13.3. The van der Waals surface area contributed by atoms with Gasteiger partial charge in [-0.25, -0.2) is 0 Å². The molecule has 1 amide bonds. The first-order valence-corrected chi connectivity index (χ1v) is 7.86. The van der Waals surface area contributed by atoms with E-state index < -0.39 is 0 Å². The van der Waals surface area contributed by atoms with E-state index in [-0.39, 0.29) is 5.91 Å². The van der Waals surface area contributed by atoms with Gasteiger partial charge in [-0.15, -0.1) is 15.3 Å². The number of carbonyl (C=O) groups is 1. The highest BCUT2D eigenvalue weighted by Gasteiger charge is 2.23. The molecule has 0 atom stereocenters. The van der Waals surface area contributed by atoms with Crippen LogP contribution in [-0.2, 0) is 0 Å². The Kier molecular flexibility index (Phi) is 3.56. The van der Waals surface area contributed by atoms with Crippen LogP contribution in [0.3, 0.4) is 0 Å². The molecule has 4 rings (SSSR count). The lowest BCUT2D eigenvalue weighted by Gasteiger charge is -2.35. The van der Waals surface area contributed by atoms with E-state index in [1.54, 1.807) is 29.0 Å². The normalized spacial score (nSPS) is 15.0. The molecule has 1 aliphatic heterocycles. The molecule has 1 fully saturated rings. The summed E-state index contributed by atoms with van der Waals surface area (Å²) < 4.78 is 1.74. The monoisotopic (exact) mass is 323 g/mol. The predicted molar refractivity (Wildman–Crippen MR) is 87.9 cm³/mol. The Bertz CT molecular complexity index is 869. The maximum absolute atomic E-state index is 12.5. The molecule has 1 aliphatic rings. The Labute approximate surface area is 138 Å². The molecule has 0 aromatic carbocycles. The van der Waals surface area contributed by atoms with E-state index in [9.17, 15) is 4.79 Å². The van der Waals surface area contributed by atoms with Crippen molar-refractivity contribution in [3.63, 3.8) is 0 Å². The van der Waals surface area contributed by atoms with Crippen molar-refractivity contribution >= 4 is 17.4 Å². The second kappa shape index (κ2) is 5.88. The first kappa shape index (κ1) is 14.6. The Morgan fingerprint density at radius 1 is 1.00 bits per heavy atom. The predicted octanol–water partition coefficient (Wildman–Crippen LogP) is 0.790. The van der Waals surface area contributed by atoms with E-state index in [4.69, 9.17) is 0 Å². The van der Waals surface area contributed by atoms with Crippen molar-refractivity contribution in [2.75, 3.05) is 31.1 Å². The van der Waals surface area contributed by atoms with E-state index in [0.29, 0.717) is 18.7 Å². The Morgan fingerprint density at radius 3 is 2.50 bits per heavy atom. The van der Waals surface area contributed by atoms with Gasteiger partial charge in [0.2, 0.25) is 0 Å². The molecule has 24 heavy (non-hydrogen) atoms. The van der Waals surface area contributed by atoms with Crippen molar-refractivity contribution in [2.24, 2.45) is 0 Å². The van der Waals surface area contributed by atoms with Crippen molar-refractivity contribution in [1.82, 2.24) is 29.7 Å². The molecule has 3 aromatic rings. The maximum atomic E-state index is 12.5. The number of carbonyl (C=O) groups excluding carboxylic acids is 1. The number of pyridine rings is 1. The first-order valence-electron chi connectivity index (χ1n) is 7.86. The molecule has 3 aromatic heterocycles. The molecular formula is C16H17N7O. The van der Waals surface area contributed by atoms with Gasteiger partial charge in [0.25, 0.3) is 5.91 Å². The van der Waals surface area contributed by atoms with Gasteiger partial charge in [-0.05, 0) is 31.2 Å². The third kappa shape index (κ3) is 2.55. The summed E-state index contributed by atoms with van der Waals surface area (Å²) in [4.78, 5) is 20.5.